The predicted octanol–water partition coefficient (Wildman–Crippen LogP) is 2.69. The lowest BCUT2D eigenvalue weighted by molar-refractivity contribution is -0.137. The van der Waals surface area contributed by atoms with Gasteiger partial charge in [0.2, 0.25) is 11.9 Å². The van der Waals surface area contributed by atoms with Gasteiger partial charge in [0.1, 0.15) is 18.1 Å². The highest BCUT2D eigenvalue weighted by Crippen LogP contribution is 2.16. The van der Waals surface area contributed by atoms with Gasteiger partial charge >= 0.3 is 12.1 Å². The number of nitrogens with zero attached hydrogens (tertiary/aromatic N) is 4. The van der Waals surface area contributed by atoms with Gasteiger partial charge in [-0.25, -0.2) is 19.6 Å². The number of amides is 1. The highest BCUT2D eigenvalue weighted by Gasteiger charge is 2.19. The maximum Gasteiger partial charge on any atom is 0.414 e. The summed E-state index contributed by atoms with van der Waals surface area (Å²) in [6.07, 6.45) is 1.82. The smallest absolute Gasteiger partial charge is 0.414 e. The number of nitrogens with one attached hydrogen (secondary N) is 2. The molecule has 0 aliphatic carbocycles. The van der Waals surface area contributed by atoms with Crippen molar-refractivity contribution in [1.29, 1.82) is 0 Å². The topological polar surface area (TPSA) is 130 Å². The summed E-state index contributed by atoms with van der Waals surface area (Å²) in [5.74, 6) is -0.145. The molecule has 1 aromatic heterocycles. The van der Waals surface area contributed by atoms with E-state index in [0.29, 0.717) is 18.2 Å². The Morgan fingerprint density at radius 1 is 1.00 bits per heavy atom. The van der Waals surface area contributed by atoms with Gasteiger partial charge in [0.15, 0.2) is 0 Å². The molecule has 0 spiro atoms. The third-order valence-electron chi connectivity index (χ3n) is 4.65. The molecule has 1 atom stereocenters. The Balaban J connectivity index is 1.57. The van der Waals surface area contributed by atoms with Crippen LogP contribution in [0.15, 0.2) is 60.9 Å². The van der Waals surface area contributed by atoms with Crippen molar-refractivity contribution < 1.29 is 19.4 Å². The lowest BCUT2D eigenvalue weighted by Gasteiger charge is -2.15. The van der Waals surface area contributed by atoms with Gasteiger partial charge in [-0.2, -0.15) is 4.98 Å². The Morgan fingerprint density at radius 3 is 2.36 bits per heavy atom. The minimum atomic E-state index is -1.04. The van der Waals surface area contributed by atoms with Gasteiger partial charge in [-0.05, 0) is 29.7 Å². The third-order valence-corrected chi connectivity index (χ3v) is 4.65. The number of benzene rings is 2. The van der Waals surface area contributed by atoms with E-state index in [1.54, 1.807) is 38.4 Å². The van der Waals surface area contributed by atoms with Crippen molar-refractivity contribution in [2.24, 2.45) is 0 Å². The third kappa shape index (κ3) is 7.46. The van der Waals surface area contributed by atoms with Crippen molar-refractivity contribution in [3.63, 3.8) is 0 Å². The Kier molecular flexibility index (Phi) is 8.12. The van der Waals surface area contributed by atoms with E-state index in [2.05, 4.69) is 25.6 Å². The molecule has 1 amide bonds. The summed E-state index contributed by atoms with van der Waals surface area (Å²) in [6, 6.07) is 15.7. The Labute approximate surface area is 191 Å². The van der Waals surface area contributed by atoms with Crippen LogP contribution in [-0.4, -0.2) is 63.7 Å². The fourth-order valence-electron chi connectivity index (χ4n) is 2.89. The fraction of sp³-hybridized carbons (Fsp3) is 0.261. The summed E-state index contributed by atoms with van der Waals surface area (Å²) >= 11 is 0. The number of hydrogen-bond donors (Lipinski definition) is 3. The van der Waals surface area contributed by atoms with Crippen LogP contribution in [0, 0.1) is 0 Å². The van der Waals surface area contributed by atoms with Gasteiger partial charge in [-0.1, -0.05) is 42.5 Å². The summed E-state index contributed by atoms with van der Waals surface area (Å²) < 4.78 is 5.17. The molecule has 0 fully saturated rings. The number of ether oxygens (including phenoxy) is 1. The molecule has 3 aromatic rings. The molecule has 172 valence electrons. The molecule has 0 unspecified atom stereocenters. The number of carboxylic acids is 1. The number of carboxylic acid groups (broad SMARTS) is 1. The van der Waals surface area contributed by atoms with Crippen molar-refractivity contribution in [2.75, 3.05) is 31.3 Å². The quantitative estimate of drug-likeness (QED) is 0.427. The SMILES string of the molecule is CN(C)C(=O)Oc1ccc(C[C@H](Nc2ncnc(NCCc3ccccc3)n2)C(=O)O)cc1. The van der Waals surface area contributed by atoms with Gasteiger partial charge in [-0.3, -0.25) is 0 Å². The van der Waals surface area contributed by atoms with Crippen molar-refractivity contribution >= 4 is 24.0 Å². The van der Waals surface area contributed by atoms with Crippen LogP contribution in [0.3, 0.4) is 0 Å². The highest BCUT2D eigenvalue weighted by molar-refractivity contribution is 5.77. The molecule has 0 aliphatic heterocycles. The summed E-state index contributed by atoms with van der Waals surface area (Å²) in [5, 5.41) is 15.6. The summed E-state index contributed by atoms with van der Waals surface area (Å²) in [4.78, 5) is 37.1. The Hall–Kier alpha value is -4.21. The molecular weight excluding hydrogens is 424 g/mol. The number of carbonyl (C=O) groups excluding carboxylic acids is 1. The molecule has 0 aliphatic rings. The van der Waals surface area contributed by atoms with Crippen LogP contribution in [0.25, 0.3) is 0 Å². The number of aliphatic carboxylic acids is 1. The van der Waals surface area contributed by atoms with Crippen LogP contribution in [0.4, 0.5) is 16.7 Å². The molecule has 10 nitrogen and oxygen atoms in total. The van der Waals surface area contributed by atoms with E-state index in [0.717, 1.165) is 12.0 Å². The van der Waals surface area contributed by atoms with E-state index in [1.807, 2.05) is 30.3 Å². The van der Waals surface area contributed by atoms with Gasteiger partial charge in [0, 0.05) is 27.1 Å². The maximum atomic E-state index is 11.8. The largest absolute Gasteiger partial charge is 0.480 e. The van der Waals surface area contributed by atoms with Gasteiger partial charge in [-0.15, -0.1) is 0 Å². The van der Waals surface area contributed by atoms with Crippen LogP contribution < -0.4 is 15.4 Å². The molecule has 3 rings (SSSR count). The summed E-state index contributed by atoms with van der Waals surface area (Å²) in [7, 11) is 3.18. The van der Waals surface area contributed by atoms with Crippen LogP contribution in [-0.2, 0) is 17.6 Å². The van der Waals surface area contributed by atoms with Crippen LogP contribution in [0.5, 0.6) is 5.75 Å². The monoisotopic (exact) mass is 450 g/mol. The number of anilines is 2. The number of hydrogen-bond acceptors (Lipinski definition) is 8. The van der Waals surface area contributed by atoms with Crippen LogP contribution in [0.1, 0.15) is 11.1 Å². The minimum absolute atomic E-state index is 0.163. The average molecular weight is 450 g/mol. The fourth-order valence-corrected chi connectivity index (χ4v) is 2.89. The van der Waals surface area contributed by atoms with Crippen molar-refractivity contribution in [3.05, 3.63) is 72.1 Å². The van der Waals surface area contributed by atoms with E-state index in [-0.39, 0.29) is 12.4 Å². The zero-order valence-corrected chi connectivity index (χ0v) is 18.4. The molecule has 2 aromatic carbocycles. The van der Waals surface area contributed by atoms with E-state index in [9.17, 15) is 14.7 Å². The predicted molar refractivity (Wildman–Crippen MR) is 123 cm³/mol. The van der Waals surface area contributed by atoms with Crippen LogP contribution in [0.2, 0.25) is 0 Å². The second kappa shape index (κ2) is 11.4. The number of rotatable bonds is 10. The first-order valence-electron chi connectivity index (χ1n) is 10.3. The van der Waals surface area contributed by atoms with Gasteiger partial charge in [0.25, 0.3) is 0 Å². The number of aromatic nitrogens is 3. The molecule has 0 radical (unpaired) electrons. The highest BCUT2D eigenvalue weighted by atomic mass is 16.6. The Morgan fingerprint density at radius 2 is 1.70 bits per heavy atom. The molecular formula is C23H26N6O4. The zero-order valence-electron chi connectivity index (χ0n) is 18.4. The molecule has 0 bridgehead atoms. The van der Waals surface area contributed by atoms with Crippen molar-refractivity contribution in [2.45, 2.75) is 18.9 Å². The van der Waals surface area contributed by atoms with Crippen molar-refractivity contribution in [3.8, 4) is 5.75 Å². The molecule has 10 heteroatoms. The molecule has 33 heavy (non-hydrogen) atoms. The summed E-state index contributed by atoms with van der Waals surface area (Å²) in [6.45, 7) is 0.626. The van der Waals surface area contributed by atoms with E-state index >= 15 is 0 Å². The van der Waals surface area contributed by atoms with Gasteiger partial charge < -0.3 is 25.4 Å². The second-order valence-corrected chi connectivity index (χ2v) is 7.44. The van der Waals surface area contributed by atoms with Crippen molar-refractivity contribution in [1.82, 2.24) is 19.9 Å². The summed E-state index contributed by atoms with van der Waals surface area (Å²) in [5.41, 5.74) is 1.93. The first kappa shape index (κ1) is 23.5. The first-order chi connectivity index (χ1) is 15.9. The average Bonchev–Trinajstić information content (AvgIpc) is 2.80. The molecule has 1 heterocycles. The van der Waals surface area contributed by atoms with E-state index in [1.165, 1.54) is 16.8 Å². The molecule has 3 N–H and O–H groups in total. The Bertz CT molecular complexity index is 1060. The lowest BCUT2D eigenvalue weighted by Crippen LogP contribution is -2.32. The van der Waals surface area contributed by atoms with E-state index < -0.39 is 18.1 Å². The normalized spacial score (nSPS) is 11.3. The minimum Gasteiger partial charge on any atom is -0.480 e. The molecule has 0 saturated carbocycles. The number of carbonyl (C=O) groups is 2. The second-order valence-electron chi connectivity index (χ2n) is 7.44. The lowest BCUT2D eigenvalue weighted by atomic mass is 10.1. The zero-order chi connectivity index (χ0) is 23.6. The first-order valence-corrected chi connectivity index (χ1v) is 10.3. The van der Waals surface area contributed by atoms with Crippen LogP contribution >= 0.6 is 0 Å². The van der Waals surface area contributed by atoms with E-state index in [4.69, 9.17) is 4.74 Å². The van der Waals surface area contributed by atoms with Gasteiger partial charge in [0.05, 0.1) is 0 Å². The molecule has 0 saturated heterocycles. The standard InChI is InChI=1S/C23H26N6O4/c1-29(2)23(32)33-18-10-8-17(9-11-18)14-19(20(30)31)27-22-26-15-25-21(28-22)24-13-12-16-6-4-3-5-7-16/h3-11,15,19H,12-14H2,1-2H3,(H,30,31)(H2,24,25,26,27,28)/t19-/m0/s1. The maximum absolute atomic E-state index is 11.8.